The number of fused-ring (bicyclic) bond motifs is 1. The largest absolute Gasteiger partial charge is 0.323 e. The molecule has 106 valence electrons. The van der Waals surface area contributed by atoms with E-state index in [9.17, 15) is 0 Å². The van der Waals surface area contributed by atoms with Crippen molar-refractivity contribution in [3.63, 3.8) is 0 Å². The Kier molecular flexibility index (Phi) is 3.65. The fourth-order valence-electron chi connectivity index (χ4n) is 2.85. The van der Waals surface area contributed by atoms with Gasteiger partial charge in [0.25, 0.3) is 0 Å². The van der Waals surface area contributed by atoms with Gasteiger partial charge in [0.2, 0.25) is 0 Å². The summed E-state index contributed by atoms with van der Waals surface area (Å²) in [6.07, 6.45) is 4.18. The molecule has 0 aliphatic heterocycles. The number of rotatable bonds is 2. The van der Waals surface area contributed by atoms with Crippen molar-refractivity contribution in [3.05, 3.63) is 34.8 Å². The standard InChI is InChI=1S/C16H20N2S2/c1-16(2)8-12(17)14-13(9-16)18-15(20-14)10-4-6-11(19-3)7-5-10/h4-7,12H,8-9,17H2,1-3H3. The fraction of sp³-hybridized carbons (Fsp3) is 0.438. The zero-order chi connectivity index (χ0) is 14.3. The minimum absolute atomic E-state index is 0.144. The topological polar surface area (TPSA) is 38.9 Å². The molecule has 1 atom stereocenters. The van der Waals surface area contributed by atoms with Gasteiger partial charge in [0, 0.05) is 21.4 Å². The van der Waals surface area contributed by atoms with Crippen molar-refractivity contribution < 1.29 is 0 Å². The van der Waals surface area contributed by atoms with E-state index in [-0.39, 0.29) is 11.5 Å². The second kappa shape index (κ2) is 5.17. The molecule has 4 heteroatoms. The molecule has 0 amide bonds. The highest BCUT2D eigenvalue weighted by molar-refractivity contribution is 7.98. The second-order valence-corrected chi connectivity index (χ2v) is 8.12. The van der Waals surface area contributed by atoms with E-state index in [1.807, 2.05) is 0 Å². The average Bonchev–Trinajstić information content (AvgIpc) is 2.81. The van der Waals surface area contributed by atoms with Gasteiger partial charge in [-0.1, -0.05) is 26.0 Å². The Morgan fingerprint density at radius 1 is 1.30 bits per heavy atom. The first-order chi connectivity index (χ1) is 9.48. The summed E-state index contributed by atoms with van der Waals surface area (Å²) in [5.74, 6) is 0. The molecule has 1 heterocycles. The minimum Gasteiger partial charge on any atom is -0.323 e. The molecule has 0 saturated heterocycles. The summed E-state index contributed by atoms with van der Waals surface area (Å²) in [6.45, 7) is 4.56. The molecule has 2 aromatic rings. The molecule has 20 heavy (non-hydrogen) atoms. The first-order valence-corrected chi connectivity index (χ1v) is 8.92. The Labute approximate surface area is 128 Å². The SMILES string of the molecule is CSc1ccc(-c2nc3c(s2)C(N)CC(C)(C)C3)cc1. The van der Waals surface area contributed by atoms with Gasteiger partial charge < -0.3 is 5.73 Å². The van der Waals surface area contributed by atoms with E-state index in [1.165, 1.54) is 21.0 Å². The number of aromatic nitrogens is 1. The Balaban J connectivity index is 1.96. The van der Waals surface area contributed by atoms with E-state index in [1.54, 1.807) is 23.1 Å². The van der Waals surface area contributed by atoms with Crippen LogP contribution in [0.4, 0.5) is 0 Å². The van der Waals surface area contributed by atoms with Crippen LogP contribution in [-0.4, -0.2) is 11.2 Å². The molecule has 2 nitrogen and oxygen atoms in total. The number of thioether (sulfide) groups is 1. The summed E-state index contributed by atoms with van der Waals surface area (Å²) in [6, 6.07) is 8.78. The van der Waals surface area contributed by atoms with Crippen LogP contribution in [0.5, 0.6) is 0 Å². The highest BCUT2D eigenvalue weighted by atomic mass is 32.2. The van der Waals surface area contributed by atoms with Crippen molar-refractivity contribution in [3.8, 4) is 10.6 Å². The summed E-state index contributed by atoms with van der Waals surface area (Å²) in [4.78, 5) is 7.42. The molecule has 1 aliphatic carbocycles. The molecule has 2 N–H and O–H groups in total. The van der Waals surface area contributed by atoms with Gasteiger partial charge in [-0.3, -0.25) is 0 Å². The summed E-state index contributed by atoms with van der Waals surface area (Å²) >= 11 is 3.53. The molecule has 3 rings (SSSR count). The highest BCUT2D eigenvalue weighted by Gasteiger charge is 2.33. The summed E-state index contributed by atoms with van der Waals surface area (Å²) in [5, 5.41) is 1.11. The van der Waals surface area contributed by atoms with Gasteiger partial charge in [0.15, 0.2) is 0 Å². The van der Waals surface area contributed by atoms with Gasteiger partial charge in [0.1, 0.15) is 5.01 Å². The number of thiazole rings is 1. The molecular weight excluding hydrogens is 284 g/mol. The molecule has 1 aromatic heterocycles. The quantitative estimate of drug-likeness (QED) is 0.830. The summed E-state index contributed by atoms with van der Waals surface area (Å²) in [5.41, 5.74) is 9.00. The first kappa shape index (κ1) is 14.1. The predicted molar refractivity (Wildman–Crippen MR) is 88.4 cm³/mol. The zero-order valence-corrected chi connectivity index (χ0v) is 13.8. The van der Waals surface area contributed by atoms with Crippen LogP contribution in [0.2, 0.25) is 0 Å². The molecule has 0 fully saturated rings. The maximum absolute atomic E-state index is 6.33. The third kappa shape index (κ3) is 2.65. The van der Waals surface area contributed by atoms with Gasteiger partial charge in [-0.2, -0.15) is 0 Å². The molecular formula is C16H20N2S2. The van der Waals surface area contributed by atoms with Crippen LogP contribution in [0.3, 0.4) is 0 Å². The number of hydrogen-bond donors (Lipinski definition) is 1. The van der Waals surface area contributed by atoms with Crippen LogP contribution < -0.4 is 5.73 Å². The molecule has 0 saturated carbocycles. The monoisotopic (exact) mass is 304 g/mol. The van der Waals surface area contributed by atoms with Crippen LogP contribution >= 0.6 is 23.1 Å². The van der Waals surface area contributed by atoms with Crippen LogP contribution in [-0.2, 0) is 6.42 Å². The lowest BCUT2D eigenvalue weighted by atomic mass is 9.77. The lowest BCUT2D eigenvalue weighted by Crippen LogP contribution is -2.28. The lowest BCUT2D eigenvalue weighted by Gasteiger charge is -2.32. The van der Waals surface area contributed by atoms with Crippen LogP contribution in [0.15, 0.2) is 29.2 Å². The van der Waals surface area contributed by atoms with E-state index in [4.69, 9.17) is 10.7 Å². The Morgan fingerprint density at radius 3 is 2.65 bits per heavy atom. The number of hydrogen-bond acceptors (Lipinski definition) is 4. The second-order valence-electron chi connectivity index (χ2n) is 6.21. The van der Waals surface area contributed by atoms with Crippen molar-refractivity contribution >= 4 is 23.1 Å². The van der Waals surface area contributed by atoms with Gasteiger partial charge in [0.05, 0.1) is 5.69 Å². The Morgan fingerprint density at radius 2 is 2.00 bits per heavy atom. The molecule has 1 aromatic carbocycles. The summed E-state index contributed by atoms with van der Waals surface area (Å²) in [7, 11) is 0. The van der Waals surface area contributed by atoms with Crippen molar-refractivity contribution in [2.24, 2.45) is 11.1 Å². The summed E-state index contributed by atoms with van der Waals surface area (Å²) < 4.78 is 0. The molecule has 1 unspecified atom stereocenters. The molecule has 0 spiro atoms. The van der Waals surface area contributed by atoms with E-state index in [2.05, 4.69) is 44.4 Å². The predicted octanol–water partition coefficient (Wildman–Crippen LogP) is 4.50. The average molecular weight is 304 g/mol. The van der Waals surface area contributed by atoms with E-state index in [0.717, 1.165) is 17.8 Å². The zero-order valence-electron chi connectivity index (χ0n) is 12.1. The number of benzene rings is 1. The molecule has 1 aliphatic rings. The van der Waals surface area contributed by atoms with Gasteiger partial charge in [-0.25, -0.2) is 4.98 Å². The Hall–Kier alpha value is -0.840. The smallest absolute Gasteiger partial charge is 0.123 e. The normalized spacial score (nSPS) is 20.7. The Bertz CT molecular complexity index is 614. The maximum atomic E-state index is 6.33. The molecule has 0 radical (unpaired) electrons. The van der Waals surface area contributed by atoms with Crippen molar-refractivity contribution in [1.82, 2.24) is 4.98 Å². The van der Waals surface area contributed by atoms with E-state index >= 15 is 0 Å². The fourth-order valence-corrected chi connectivity index (χ4v) is 4.35. The van der Waals surface area contributed by atoms with E-state index < -0.39 is 0 Å². The van der Waals surface area contributed by atoms with Crippen molar-refractivity contribution in [2.75, 3.05) is 6.26 Å². The third-order valence-electron chi connectivity index (χ3n) is 3.82. The molecule has 0 bridgehead atoms. The number of nitrogens with zero attached hydrogens (tertiary/aromatic N) is 1. The van der Waals surface area contributed by atoms with Crippen LogP contribution in [0, 0.1) is 5.41 Å². The van der Waals surface area contributed by atoms with Crippen LogP contribution in [0.25, 0.3) is 10.6 Å². The van der Waals surface area contributed by atoms with Gasteiger partial charge in [-0.05, 0) is 36.6 Å². The van der Waals surface area contributed by atoms with Crippen LogP contribution in [0.1, 0.15) is 36.9 Å². The highest BCUT2D eigenvalue weighted by Crippen LogP contribution is 2.43. The first-order valence-electron chi connectivity index (χ1n) is 6.88. The van der Waals surface area contributed by atoms with E-state index in [0.29, 0.717) is 0 Å². The van der Waals surface area contributed by atoms with Gasteiger partial charge >= 0.3 is 0 Å². The van der Waals surface area contributed by atoms with Gasteiger partial charge in [-0.15, -0.1) is 23.1 Å². The third-order valence-corrected chi connectivity index (χ3v) is 5.84. The lowest BCUT2D eigenvalue weighted by molar-refractivity contribution is 0.282. The minimum atomic E-state index is 0.144. The van der Waals surface area contributed by atoms with Crippen molar-refractivity contribution in [1.29, 1.82) is 0 Å². The maximum Gasteiger partial charge on any atom is 0.123 e. The van der Waals surface area contributed by atoms with Crippen molar-refractivity contribution in [2.45, 2.75) is 37.6 Å². The number of nitrogens with two attached hydrogens (primary N) is 1.